The summed E-state index contributed by atoms with van der Waals surface area (Å²) in [4.78, 5) is 30.7. The highest BCUT2D eigenvalue weighted by atomic mass is 16.6. The number of benzene rings is 2. The van der Waals surface area contributed by atoms with Crippen LogP contribution < -0.4 is 10.1 Å². The van der Waals surface area contributed by atoms with Crippen molar-refractivity contribution >= 4 is 12.0 Å². The fourth-order valence-electron chi connectivity index (χ4n) is 5.41. The molecule has 2 aromatic carbocycles. The number of hydrogen-bond donors (Lipinski definition) is 1. The van der Waals surface area contributed by atoms with Crippen molar-refractivity contribution in [2.24, 2.45) is 11.8 Å². The molecule has 0 spiro atoms. The van der Waals surface area contributed by atoms with Crippen molar-refractivity contribution in [2.45, 2.75) is 65.1 Å². The number of aryl methyl sites for hydroxylation is 1. The second kappa shape index (κ2) is 15.2. The molecule has 0 unspecified atom stereocenters. The first-order valence-electron chi connectivity index (χ1n) is 15.1. The number of nitrogens with one attached hydrogen (secondary N) is 1. The number of hydrogen-bond acceptors (Lipinski definition) is 6. The van der Waals surface area contributed by atoms with Gasteiger partial charge in [-0.05, 0) is 62.3 Å². The largest absolute Gasteiger partial charge is 0.493 e. The number of rotatable bonds is 15. The molecule has 2 aliphatic rings. The van der Waals surface area contributed by atoms with Crippen molar-refractivity contribution in [1.29, 1.82) is 0 Å². The second-order valence-electron chi connectivity index (χ2n) is 11.5. The Kier molecular flexibility index (Phi) is 11.5. The summed E-state index contributed by atoms with van der Waals surface area (Å²) >= 11 is 0. The van der Waals surface area contributed by atoms with Gasteiger partial charge >= 0.3 is 6.09 Å². The van der Waals surface area contributed by atoms with E-state index in [0.29, 0.717) is 38.5 Å². The van der Waals surface area contributed by atoms with Crippen LogP contribution in [0, 0.1) is 11.8 Å². The van der Waals surface area contributed by atoms with Gasteiger partial charge in [0.1, 0.15) is 5.75 Å². The normalized spacial score (nSPS) is 18.4. The highest BCUT2D eigenvalue weighted by Gasteiger charge is 2.36. The van der Waals surface area contributed by atoms with Gasteiger partial charge in [-0.3, -0.25) is 4.79 Å². The Morgan fingerprint density at radius 1 is 1.02 bits per heavy atom. The van der Waals surface area contributed by atoms with Gasteiger partial charge in [0.05, 0.1) is 13.2 Å². The molecule has 2 atom stereocenters. The Bertz CT molecular complexity index is 1120. The standard InChI is InChI=1S/C33H47N3O5/c1-5-26-12-13-27(18-31(26)40-17-9-16-39-4)32(37)35(24(2)3)22-28-19-34-20-29(28)23-41-33(38)36(30-14-15-30)21-25-10-7-6-8-11-25/h6-8,10-13,18,24,28-30,34H,5,9,14-17,19-23H2,1-4H3/t28-,29-/m0/s1. The van der Waals surface area contributed by atoms with Crippen molar-refractivity contribution in [3.8, 4) is 5.75 Å². The molecule has 0 radical (unpaired) electrons. The molecule has 1 saturated heterocycles. The lowest BCUT2D eigenvalue weighted by Gasteiger charge is -2.32. The number of carbonyl (C=O) groups is 2. The summed E-state index contributed by atoms with van der Waals surface area (Å²) < 4.78 is 17.1. The SMILES string of the molecule is CCc1ccc(C(=O)N(C[C@@H]2CNC[C@H]2COC(=O)N(Cc2ccccc2)C2CC2)C(C)C)cc1OCCCOC. The Balaban J connectivity index is 1.37. The summed E-state index contributed by atoms with van der Waals surface area (Å²) in [5.74, 6) is 1.10. The second-order valence-corrected chi connectivity index (χ2v) is 11.5. The predicted molar refractivity (Wildman–Crippen MR) is 160 cm³/mol. The maximum absolute atomic E-state index is 13.8. The van der Waals surface area contributed by atoms with Crippen LogP contribution in [0.3, 0.4) is 0 Å². The van der Waals surface area contributed by atoms with Crippen LogP contribution in [-0.4, -0.2) is 80.4 Å². The van der Waals surface area contributed by atoms with E-state index in [1.54, 1.807) is 7.11 Å². The lowest BCUT2D eigenvalue weighted by Crippen LogP contribution is -2.43. The molecule has 8 heteroatoms. The minimum absolute atomic E-state index is 0.00481. The van der Waals surface area contributed by atoms with E-state index in [0.717, 1.165) is 55.6 Å². The first-order chi connectivity index (χ1) is 19.9. The minimum atomic E-state index is -0.243. The molecule has 1 aliphatic heterocycles. The smallest absolute Gasteiger partial charge is 0.410 e. The number of amides is 2. The van der Waals surface area contributed by atoms with E-state index in [9.17, 15) is 9.59 Å². The summed E-state index contributed by atoms with van der Waals surface area (Å²) in [6.07, 6.45) is 3.44. The molecule has 4 rings (SSSR count). The van der Waals surface area contributed by atoms with Crippen LogP contribution in [0.5, 0.6) is 5.75 Å². The Hall–Kier alpha value is -3.10. The monoisotopic (exact) mass is 565 g/mol. The van der Waals surface area contributed by atoms with Gasteiger partial charge in [-0.15, -0.1) is 0 Å². The number of nitrogens with zero attached hydrogens (tertiary/aromatic N) is 2. The van der Waals surface area contributed by atoms with E-state index in [1.165, 1.54) is 0 Å². The van der Waals surface area contributed by atoms with Crippen molar-refractivity contribution in [2.75, 3.05) is 46.6 Å². The van der Waals surface area contributed by atoms with E-state index in [4.69, 9.17) is 14.2 Å². The van der Waals surface area contributed by atoms with Crippen LogP contribution in [0.25, 0.3) is 0 Å². The highest BCUT2D eigenvalue weighted by molar-refractivity contribution is 5.95. The molecule has 2 aromatic rings. The third kappa shape index (κ3) is 8.69. The highest BCUT2D eigenvalue weighted by Crippen LogP contribution is 2.30. The van der Waals surface area contributed by atoms with E-state index in [2.05, 4.69) is 26.1 Å². The molecule has 2 fully saturated rings. The fraction of sp³-hybridized carbons (Fsp3) is 0.576. The Morgan fingerprint density at radius 2 is 1.78 bits per heavy atom. The molecular formula is C33H47N3O5. The van der Waals surface area contributed by atoms with E-state index in [-0.39, 0.29) is 35.9 Å². The van der Waals surface area contributed by atoms with Crippen molar-refractivity contribution in [1.82, 2.24) is 15.1 Å². The van der Waals surface area contributed by atoms with Crippen molar-refractivity contribution < 1.29 is 23.8 Å². The molecule has 0 bridgehead atoms. The van der Waals surface area contributed by atoms with Crippen LogP contribution in [-0.2, 0) is 22.4 Å². The third-order valence-corrected chi connectivity index (χ3v) is 8.08. The molecular weight excluding hydrogens is 518 g/mol. The quantitative estimate of drug-likeness (QED) is 0.301. The van der Waals surface area contributed by atoms with Crippen LogP contribution in [0.2, 0.25) is 0 Å². The fourth-order valence-corrected chi connectivity index (χ4v) is 5.41. The molecule has 1 heterocycles. The van der Waals surface area contributed by atoms with Gasteiger partial charge in [0.15, 0.2) is 0 Å². The van der Waals surface area contributed by atoms with E-state index >= 15 is 0 Å². The summed E-state index contributed by atoms with van der Waals surface area (Å²) in [7, 11) is 1.68. The van der Waals surface area contributed by atoms with Crippen LogP contribution >= 0.6 is 0 Å². The van der Waals surface area contributed by atoms with Gasteiger partial charge in [-0.25, -0.2) is 4.79 Å². The van der Waals surface area contributed by atoms with Gasteiger partial charge in [-0.1, -0.05) is 43.3 Å². The van der Waals surface area contributed by atoms with Crippen LogP contribution in [0.4, 0.5) is 4.79 Å². The Labute approximate surface area is 245 Å². The van der Waals surface area contributed by atoms with Gasteiger partial charge in [0.2, 0.25) is 0 Å². The summed E-state index contributed by atoms with van der Waals surface area (Å²) in [6, 6.07) is 16.2. The lowest BCUT2D eigenvalue weighted by atomic mass is 9.95. The number of methoxy groups -OCH3 is 1. The summed E-state index contributed by atoms with van der Waals surface area (Å²) in [5, 5.41) is 3.46. The van der Waals surface area contributed by atoms with Crippen LogP contribution in [0.15, 0.2) is 48.5 Å². The topological polar surface area (TPSA) is 80.3 Å². The summed E-state index contributed by atoms with van der Waals surface area (Å²) in [5.41, 5.74) is 2.83. The molecule has 1 aliphatic carbocycles. The Morgan fingerprint density at radius 3 is 2.46 bits per heavy atom. The van der Waals surface area contributed by atoms with Gasteiger partial charge in [-0.2, -0.15) is 0 Å². The lowest BCUT2D eigenvalue weighted by molar-refractivity contribution is 0.0582. The minimum Gasteiger partial charge on any atom is -0.493 e. The molecule has 1 N–H and O–H groups in total. The van der Waals surface area contributed by atoms with E-state index in [1.807, 2.05) is 58.3 Å². The first-order valence-corrected chi connectivity index (χ1v) is 15.1. The molecule has 41 heavy (non-hydrogen) atoms. The molecule has 1 saturated carbocycles. The number of carbonyl (C=O) groups excluding carboxylic acids is 2. The molecule has 224 valence electrons. The van der Waals surface area contributed by atoms with Gasteiger partial charge in [0, 0.05) is 69.9 Å². The van der Waals surface area contributed by atoms with Crippen molar-refractivity contribution in [3.63, 3.8) is 0 Å². The maximum atomic E-state index is 13.8. The first kappa shape index (κ1) is 30.8. The third-order valence-electron chi connectivity index (χ3n) is 8.08. The van der Waals surface area contributed by atoms with E-state index < -0.39 is 0 Å². The van der Waals surface area contributed by atoms with Crippen molar-refractivity contribution in [3.05, 3.63) is 65.2 Å². The predicted octanol–water partition coefficient (Wildman–Crippen LogP) is 5.15. The molecule has 8 nitrogen and oxygen atoms in total. The van der Waals surface area contributed by atoms with Crippen LogP contribution in [0.1, 0.15) is 61.5 Å². The number of ether oxygens (including phenoxy) is 3. The zero-order valence-electron chi connectivity index (χ0n) is 25.1. The average Bonchev–Trinajstić information content (AvgIpc) is 3.73. The molecule has 0 aromatic heterocycles. The zero-order valence-corrected chi connectivity index (χ0v) is 25.1. The zero-order chi connectivity index (χ0) is 29.2. The summed E-state index contributed by atoms with van der Waals surface area (Å²) in [6.45, 7) is 10.4. The maximum Gasteiger partial charge on any atom is 0.410 e. The van der Waals surface area contributed by atoms with Gasteiger partial charge < -0.3 is 29.3 Å². The molecule has 2 amide bonds. The average molecular weight is 566 g/mol. The van der Waals surface area contributed by atoms with Gasteiger partial charge in [0.25, 0.3) is 5.91 Å².